The van der Waals surface area contributed by atoms with Crippen molar-refractivity contribution in [3.05, 3.63) is 34.1 Å². The van der Waals surface area contributed by atoms with Crippen molar-refractivity contribution in [1.29, 1.82) is 0 Å². The summed E-state index contributed by atoms with van der Waals surface area (Å²) in [6, 6.07) is 2.57. The molecule has 13 heavy (non-hydrogen) atoms. The number of rotatable bonds is 3. The van der Waals surface area contributed by atoms with Crippen LogP contribution in [0.4, 0.5) is 10.1 Å². The van der Waals surface area contributed by atoms with Crippen molar-refractivity contribution in [2.24, 2.45) is 0 Å². The van der Waals surface area contributed by atoms with Gasteiger partial charge in [-0.2, -0.15) is 0 Å². The van der Waals surface area contributed by atoms with Crippen molar-refractivity contribution in [2.75, 3.05) is 0 Å². The van der Waals surface area contributed by atoms with Crippen LogP contribution in [0.15, 0.2) is 18.2 Å². The highest BCUT2D eigenvalue weighted by atomic mass is 19.1. The molecule has 0 radical (unpaired) electrons. The summed E-state index contributed by atoms with van der Waals surface area (Å²) >= 11 is 0. The molecule has 1 rings (SSSR count). The number of ether oxygens (including phenoxy) is 1. The molecule has 0 saturated carbocycles. The first-order chi connectivity index (χ1) is 6.13. The second-order valence-electron chi connectivity index (χ2n) is 2.12. The molecule has 6 heteroatoms. The predicted molar refractivity (Wildman–Crippen MR) is 39.7 cm³/mol. The summed E-state index contributed by atoms with van der Waals surface area (Å²) in [5.41, 5.74) is -0.461. The zero-order valence-corrected chi connectivity index (χ0v) is 6.27. The van der Waals surface area contributed by atoms with E-state index < -0.39 is 16.4 Å². The number of non-ortho nitro benzene ring substituents is 1. The third-order valence-corrected chi connectivity index (χ3v) is 1.25. The van der Waals surface area contributed by atoms with Gasteiger partial charge in [-0.3, -0.25) is 14.9 Å². The van der Waals surface area contributed by atoms with Crippen LogP contribution in [-0.4, -0.2) is 11.4 Å². The Morgan fingerprint density at radius 3 is 2.69 bits per heavy atom. The van der Waals surface area contributed by atoms with Gasteiger partial charge in [0, 0.05) is 6.07 Å². The molecule has 0 heterocycles. The first kappa shape index (κ1) is 9.11. The van der Waals surface area contributed by atoms with Gasteiger partial charge in [-0.25, -0.2) is 4.39 Å². The van der Waals surface area contributed by atoms with Gasteiger partial charge in [-0.1, -0.05) is 0 Å². The fourth-order valence-electron chi connectivity index (χ4n) is 0.777. The maximum Gasteiger partial charge on any atom is 0.298 e. The molecule has 0 aliphatic carbocycles. The summed E-state index contributed by atoms with van der Waals surface area (Å²) in [5.74, 6) is -1.02. The molecule has 0 aliphatic heterocycles. The summed E-state index contributed by atoms with van der Waals surface area (Å²) in [6.07, 6.45) is 0. The molecule has 1 aromatic rings. The van der Waals surface area contributed by atoms with E-state index in [9.17, 15) is 19.3 Å². The summed E-state index contributed by atoms with van der Waals surface area (Å²) in [7, 11) is 0. The average molecular weight is 185 g/mol. The van der Waals surface area contributed by atoms with Crippen molar-refractivity contribution < 1.29 is 18.8 Å². The van der Waals surface area contributed by atoms with Crippen molar-refractivity contribution in [3.63, 3.8) is 0 Å². The number of benzene rings is 1. The summed E-state index contributed by atoms with van der Waals surface area (Å²) in [5, 5.41) is 10.2. The van der Waals surface area contributed by atoms with Crippen LogP contribution in [0.2, 0.25) is 0 Å². The van der Waals surface area contributed by atoms with Crippen LogP contribution < -0.4 is 4.74 Å². The lowest BCUT2D eigenvalue weighted by molar-refractivity contribution is -0.385. The maximum absolute atomic E-state index is 12.6. The highest BCUT2D eigenvalue weighted by molar-refractivity contribution is 5.48. The molecule has 0 aromatic heterocycles. The standard InChI is InChI=1S/C7H4FNO4/c8-5-1-6(9(11)12)3-7(2-5)13-4-10/h1-4H. The van der Waals surface area contributed by atoms with Crippen LogP contribution in [0.25, 0.3) is 0 Å². The lowest BCUT2D eigenvalue weighted by Gasteiger charge is -1.97. The maximum atomic E-state index is 12.6. The van der Waals surface area contributed by atoms with E-state index in [1.165, 1.54) is 0 Å². The Labute approximate surface area is 71.9 Å². The molecular formula is C7H4FNO4. The number of hydrogen-bond acceptors (Lipinski definition) is 4. The van der Waals surface area contributed by atoms with Crippen LogP contribution in [0.3, 0.4) is 0 Å². The molecule has 0 N–H and O–H groups in total. The number of halogens is 1. The van der Waals surface area contributed by atoms with Gasteiger partial charge in [-0.15, -0.1) is 0 Å². The third kappa shape index (κ3) is 2.22. The normalized spacial score (nSPS) is 9.31. The molecule has 0 atom stereocenters. The lowest BCUT2D eigenvalue weighted by atomic mass is 10.3. The Bertz CT molecular complexity index is 352. The minimum absolute atomic E-state index is 0.0680. The van der Waals surface area contributed by atoms with Crippen LogP contribution in [-0.2, 0) is 4.79 Å². The van der Waals surface area contributed by atoms with Gasteiger partial charge >= 0.3 is 0 Å². The zero-order chi connectivity index (χ0) is 9.84. The van der Waals surface area contributed by atoms with Gasteiger partial charge in [0.05, 0.1) is 17.1 Å². The fraction of sp³-hybridized carbons (Fsp3) is 0. The highest BCUT2D eigenvalue weighted by Gasteiger charge is 2.10. The van der Waals surface area contributed by atoms with Gasteiger partial charge in [0.1, 0.15) is 11.6 Å². The Hall–Kier alpha value is -1.98. The van der Waals surface area contributed by atoms with Gasteiger partial charge in [0.15, 0.2) is 0 Å². The van der Waals surface area contributed by atoms with Gasteiger partial charge < -0.3 is 4.74 Å². The highest BCUT2D eigenvalue weighted by Crippen LogP contribution is 2.21. The van der Waals surface area contributed by atoms with E-state index in [4.69, 9.17) is 0 Å². The third-order valence-electron chi connectivity index (χ3n) is 1.25. The summed E-state index contributed by atoms with van der Waals surface area (Å²) < 4.78 is 16.9. The van der Waals surface area contributed by atoms with Crippen LogP contribution in [0, 0.1) is 15.9 Å². The molecule has 0 saturated heterocycles. The SMILES string of the molecule is O=COc1cc(F)cc([N+](=O)[O-])c1. The second-order valence-corrected chi connectivity index (χ2v) is 2.12. The van der Waals surface area contributed by atoms with Crippen LogP contribution in [0.1, 0.15) is 0 Å². The quantitative estimate of drug-likeness (QED) is 0.404. The topological polar surface area (TPSA) is 69.4 Å². The van der Waals surface area contributed by atoms with Crippen molar-refractivity contribution in [3.8, 4) is 5.75 Å². The number of hydrogen-bond donors (Lipinski definition) is 0. The Kier molecular flexibility index (Phi) is 2.53. The number of nitro groups is 1. The molecule has 0 aliphatic rings. The van der Waals surface area contributed by atoms with Crippen molar-refractivity contribution in [2.45, 2.75) is 0 Å². The molecule has 0 bridgehead atoms. The van der Waals surface area contributed by atoms with Gasteiger partial charge in [0.2, 0.25) is 0 Å². The van der Waals surface area contributed by atoms with E-state index in [1.54, 1.807) is 0 Å². The van der Waals surface area contributed by atoms with E-state index >= 15 is 0 Å². The second kappa shape index (κ2) is 3.61. The van der Waals surface area contributed by atoms with Crippen LogP contribution in [0.5, 0.6) is 5.75 Å². The fourth-order valence-corrected chi connectivity index (χ4v) is 0.777. The van der Waals surface area contributed by atoms with Gasteiger partial charge in [0.25, 0.3) is 12.2 Å². The molecule has 68 valence electrons. The summed E-state index contributed by atoms with van der Waals surface area (Å²) in [6.45, 7) is 0.0680. The number of carbonyl (C=O) groups excluding carboxylic acids is 1. The smallest absolute Gasteiger partial charge is 0.298 e. The largest absolute Gasteiger partial charge is 0.428 e. The van der Waals surface area contributed by atoms with Crippen LogP contribution >= 0.6 is 0 Å². The number of carbonyl (C=O) groups is 1. The van der Waals surface area contributed by atoms with E-state index in [2.05, 4.69) is 4.74 Å². The monoisotopic (exact) mass is 185 g/mol. The molecule has 1 aromatic carbocycles. The minimum Gasteiger partial charge on any atom is -0.428 e. The van der Waals surface area contributed by atoms with E-state index in [0.717, 1.165) is 18.2 Å². The zero-order valence-electron chi connectivity index (χ0n) is 6.27. The van der Waals surface area contributed by atoms with E-state index in [-0.39, 0.29) is 12.2 Å². The average Bonchev–Trinajstić information content (AvgIpc) is 2.03. The van der Waals surface area contributed by atoms with Crippen molar-refractivity contribution >= 4 is 12.2 Å². The molecular weight excluding hydrogens is 181 g/mol. The molecule has 5 nitrogen and oxygen atoms in total. The Morgan fingerprint density at radius 1 is 1.46 bits per heavy atom. The Balaban J connectivity index is 3.10. The van der Waals surface area contributed by atoms with Gasteiger partial charge in [-0.05, 0) is 0 Å². The van der Waals surface area contributed by atoms with E-state index in [1.807, 2.05) is 0 Å². The number of nitro benzene ring substituents is 1. The van der Waals surface area contributed by atoms with E-state index in [0.29, 0.717) is 0 Å². The molecule has 0 fully saturated rings. The summed E-state index contributed by atoms with van der Waals surface area (Å²) in [4.78, 5) is 19.3. The Morgan fingerprint density at radius 2 is 2.15 bits per heavy atom. The lowest BCUT2D eigenvalue weighted by Crippen LogP contribution is -1.93. The molecule has 0 unspecified atom stereocenters. The first-order valence-electron chi connectivity index (χ1n) is 3.19. The molecule has 0 amide bonds. The number of nitrogens with zero attached hydrogens (tertiary/aromatic N) is 1. The minimum atomic E-state index is -0.828. The first-order valence-corrected chi connectivity index (χ1v) is 3.19. The predicted octanol–water partition coefficient (Wildman–Crippen LogP) is 1.27. The van der Waals surface area contributed by atoms with Crippen molar-refractivity contribution in [1.82, 2.24) is 0 Å². The molecule has 0 spiro atoms.